The minimum Gasteiger partial charge on any atom is -0.466 e. The van der Waals surface area contributed by atoms with Gasteiger partial charge < -0.3 is 9.64 Å². The number of carbonyl (C=O) groups is 2. The average Bonchev–Trinajstić information content (AvgIpc) is 3.08. The molecule has 1 aliphatic rings. The van der Waals surface area contributed by atoms with Crippen molar-refractivity contribution >= 4 is 46.4 Å². The summed E-state index contributed by atoms with van der Waals surface area (Å²) < 4.78 is 4.52. The molecule has 0 aliphatic carbocycles. The molecule has 8 heteroatoms. The monoisotopic (exact) mass is 422 g/mol. The number of amidine groups is 1. The van der Waals surface area contributed by atoms with E-state index in [9.17, 15) is 9.59 Å². The molecule has 1 aliphatic heterocycles. The summed E-state index contributed by atoms with van der Waals surface area (Å²) in [5.41, 5.74) is 3.08. The van der Waals surface area contributed by atoms with Gasteiger partial charge in [-0.2, -0.15) is 5.10 Å². The van der Waals surface area contributed by atoms with Crippen molar-refractivity contribution in [3.8, 4) is 0 Å². The molecular weight excluding hydrogens is 400 g/mol. The molecule has 0 bridgehead atoms. The highest BCUT2D eigenvalue weighted by molar-refractivity contribution is 8.18. The Balaban J connectivity index is 1.69. The Hall–Kier alpha value is -3.39. The summed E-state index contributed by atoms with van der Waals surface area (Å²) >= 11 is 1.03. The molecule has 2 aromatic carbocycles. The van der Waals surface area contributed by atoms with Crippen molar-refractivity contribution in [1.82, 2.24) is 5.32 Å². The molecule has 0 saturated carbocycles. The van der Waals surface area contributed by atoms with Crippen LogP contribution in [0.25, 0.3) is 0 Å². The van der Waals surface area contributed by atoms with E-state index in [2.05, 4.69) is 51.1 Å². The fourth-order valence-corrected chi connectivity index (χ4v) is 3.58. The van der Waals surface area contributed by atoms with Gasteiger partial charge in [0.25, 0.3) is 5.91 Å². The van der Waals surface area contributed by atoms with Crippen molar-refractivity contribution in [3.63, 3.8) is 0 Å². The van der Waals surface area contributed by atoms with Gasteiger partial charge in [-0.3, -0.25) is 10.1 Å². The summed E-state index contributed by atoms with van der Waals surface area (Å²) in [6, 6.07) is 18.5. The summed E-state index contributed by atoms with van der Waals surface area (Å²) in [5, 5.41) is 10.9. The number of carbonyl (C=O) groups excluding carboxylic acids is 2. The van der Waals surface area contributed by atoms with Gasteiger partial charge in [-0.1, -0.05) is 30.3 Å². The Morgan fingerprint density at radius 1 is 1.10 bits per heavy atom. The quantitative estimate of drug-likeness (QED) is 0.331. The Morgan fingerprint density at radius 3 is 2.40 bits per heavy atom. The number of nitrogens with zero attached hydrogens (tertiary/aromatic N) is 3. The lowest BCUT2D eigenvalue weighted by Crippen LogP contribution is -2.25. The fourth-order valence-electron chi connectivity index (χ4n) is 2.84. The first kappa shape index (κ1) is 21.3. The molecule has 0 unspecified atom stereocenters. The number of methoxy groups -OCH3 is 1. The smallest absolute Gasteiger partial charge is 0.331 e. The fraction of sp³-hybridized carbons (Fsp3) is 0.182. The predicted molar refractivity (Wildman–Crippen MR) is 121 cm³/mol. The molecule has 1 heterocycles. The van der Waals surface area contributed by atoms with E-state index < -0.39 is 11.9 Å². The maximum atomic E-state index is 11.8. The summed E-state index contributed by atoms with van der Waals surface area (Å²) in [6.45, 7) is 4.30. The number of para-hydroxylation sites is 1. The zero-order valence-electron chi connectivity index (χ0n) is 16.9. The summed E-state index contributed by atoms with van der Waals surface area (Å²) in [6.07, 6.45) is 2.73. The first-order chi connectivity index (χ1) is 14.5. The number of ether oxygens (including phenoxy) is 1. The van der Waals surface area contributed by atoms with Crippen molar-refractivity contribution in [2.24, 2.45) is 10.2 Å². The molecule has 0 aromatic heterocycles. The molecule has 154 valence electrons. The zero-order valence-corrected chi connectivity index (χ0v) is 17.7. The topological polar surface area (TPSA) is 83.4 Å². The van der Waals surface area contributed by atoms with Crippen LogP contribution in [0.15, 0.2) is 75.8 Å². The Bertz CT molecular complexity index is 999. The summed E-state index contributed by atoms with van der Waals surface area (Å²) in [5.74, 6) is -0.998. The van der Waals surface area contributed by atoms with Gasteiger partial charge in [0.05, 0.1) is 18.2 Å². The van der Waals surface area contributed by atoms with Gasteiger partial charge in [0.15, 0.2) is 5.17 Å². The molecule has 1 saturated heterocycles. The normalized spacial score (nSPS) is 16.5. The molecule has 3 rings (SSSR count). The van der Waals surface area contributed by atoms with Crippen LogP contribution in [0.1, 0.15) is 19.4 Å². The van der Waals surface area contributed by atoms with Crippen LogP contribution in [-0.2, 0) is 14.3 Å². The average molecular weight is 423 g/mol. The van der Waals surface area contributed by atoms with E-state index in [0.29, 0.717) is 11.2 Å². The third kappa shape index (κ3) is 5.36. The van der Waals surface area contributed by atoms with Gasteiger partial charge in [-0.25, -0.2) is 4.79 Å². The van der Waals surface area contributed by atoms with E-state index in [1.165, 1.54) is 7.11 Å². The molecule has 0 atom stereocenters. The van der Waals surface area contributed by atoms with Crippen molar-refractivity contribution in [2.75, 3.05) is 12.0 Å². The predicted octanol–water partition coefficient (Wildman–Crippen LogP) is 3.84. The minimum absolute atomic E-state index is 0.217. The number of esters is 1. The number of rotatable bonds is 6. The highest BCUT2D eigenvalue weighted by Gasteiger charge is 2.25. The van der Waals surface area contributed by atoms with Gasteiger partial charge >= 0.3 is 5.97 Å². The summed E-state index contributed by atoms with van der Waals surface area (Å²) in [4.78, 5) is 25.5. The Labute approximate surface area is 179 Å². The van der Waals surface area contributed by atoms with E-state index in [0.717, 1.165) is 34.8 Å². The van der Waals surface area contributed by atoms with Crippen LogP contribution in [0.5, 0.6) is 0 Å². The van der Waals surface area contributed by atoms with Gasteiger partial charge in [0.1, 0.15) is 0 Å². The highest BCUT2D eigenvalue weighted by Crippen LogP contribution is 2.28. The molecule has 30 heavy (non-hydrogen) atoms. The van der Waals surface area contributed by atoms with Gasteiger partial charge in [0.2, 0.25) is 0 Å². The van der Waals surface area contributed by atoms with Crippen LogP contribution in [-0.4, -0.2) is 36.4 Å². The molecule has 7 nitrogen and oxygen atoms in total. The molecular formula is C22H22N4O3S. The van der Waals surface area contributed by atoms with E-state index in [1.54, 1.807) is 6.21 Å². The third-order valence-corrected chi connectivity index (χ3v) is 5.08. The lowest BCUT2D eigenvalue weighted by atomic mass is 10.1. The maximum absolute atomic E-state index is 11.8. The summed E-state index contributed by atoms with van der Waals surface area (Å²) in [7, 11) is 1.25. The second-order valence-corrected chi connectivity index (χ2v) is 7.66. The zero-order chi connectivity index (χ0) is 21.5. The number of anilines is 2. The van der Waals surface area contributed by atoms with E-state index in [4.69, 9.17) is 0 Å². The van der Waals surface area contributed by atoms with Crippen LogP contribution < -0.4 is 10.2 Å². The maximum Gasteiger partial charge on any atom is 0.331 e. The van der Waals surface area contributed by atoms with Crippen LogP contribution in [0, 0.1) is 0 Å². The third-order valence-electron chi connectivity index (χ3n) is 4.18. The molecule has 1 N–H and O–H groups in total. The number of hydrogen-bond acceptors (Lipinski definition) is 7. The lowest BCUT2D eigenvalue weighted by Gasteiger charge is -2.29. The number of amides is 1. The first-order valence-electron chi connectivity index (χ1n) is 9.32. The molecule has 1 amide bonds. The standard InChI is InChI=1S/C22H22N4O3S/c1-15(2)26(17-7-5-4-6-8-17)18-11-9-16(10-12-18)14-23-25-22-24-21(28)19(30-22)13-20(27)29-3/h4-15H,1-3H3,(H,24,25,28)/b19-13+,23-14?. The van der Waals surface area contributed by atoms with Crippen LogP contribution in [0.2, 0.25) is 0 Å². The van der Waals surface area contributed by atoms with Crippen LogP contribution >= 0.6 is 11.8 Å². The number of benzene rings is 2. The lowest BCUT2D eigenvalue weighted by molar-refractivity contribution is -0.135. The highest BCUT2D eigenvalue weighted by atomic mass is 32.2. The SMILES string of the molecule is COC(=O)/C=C1/S/C(=N\N=Cc2ccc(N(c3ccccc3)C(C)C)cc2)NC1=O. The molecule has 1 fully saturated rings. The number of thioether (sulfide) groups is 1. The molecule has 2 aromatic rings. The van der Waals surface area contributed by atoms with E-state index in [1.807, 2.05) is 42.5 Å². The first-order valence-corrected chi connectivity index (χ1v) is 10.1. The van der Waals surface area contributed by atoms with Gasteiger partial charge in [-0.15, -0.1) is 5.10 Å². The second kappa shape index (κ2) is 9.89. The van der Waals surface area contributed by atoms with Crippen molar-refractivity contribution in [2.45, 2.75) is 19.9 Å². The van der Waals surface area contributed by atoms with E-state index in [-0.39, 0.29) is 4.91 Å². The number of nitrogens with one attached hydrogen (secondary N) is 1. The van der Waals surface area contributed by atoms with Crippen LogP contribution in [0.3, 0.4) is 0 Å². The van der Waals surface area contributed by atoms with Crippen molar-refractivity contribution in [3.05, 3.63) is 71.1 Å². The molecule has 0 radical (unpaired) electrons. The largest absolute Gasteiger partial charge is 0.466 e. The molecule has 0 spiro atoms. The minimum atomic E-state index is -0.594. The van der Waals surface area contributed by atoms with E-state index >= 15 is 0 Å². The Morgan fingerprint density at radius 2 is 1.77 bits per heavy atom. The van der Waals surface area contributed by atoms with Crippen molar-refractivity contribution < 1.29 is 14.3 Å². The van der Waals surface area contributed by atoms with Gasteiger partial charge in [-0.05, 0) is 55.4 Å². The second-order valence-electron chi connectivity index (χ2n) is 6.63. The van der Waals surface area contributed by atoms with Crippen LogP contribution in [0.4, 0.5) is 11.4 Å². The Kier molecular flexibility index (Phi) is 7.03. The van der Waals surface area contributed by atoms with Gasteiger partial charge in [0, 0.05) is 23.5 Å². The number of hydrogen-bond donors (Lipinski definition) is 1. The van der Waals surface area contributed by atoms with Crippen molar-refractivity contribution in [1.29, 1.82) is 0 Å².